The van der Waals surface area contributed by atoms with Gasteiger partial charge in [-0.2, -0.15) is 0 Å². The first-order valence-electron chi connectivity index (χ1n) is 12.7. The highest BCUT2D eigenvalue weighted by atomic mass is 32.1. The summed E-state index contributed by atoms with van der Waals surface area (Å²) >= 11 is 1.31. The molecule has 1 aromatic carbocycles. The van der Waals surface area contributed by atoms with Gasteiger partial charge in [-0.1, -0.05) is 25.1 Å². The van der Waals surface area contributed by atoms with Gasteiger partial charge in [0.15, 0.2) is 0 Å². The average Bonchev–Trinajstić information content (AvgIpc) is 3.36. The van der Waals surface area contributed by atoms with Gasteiger partial charge in [-0.05, 0) is 67.9 Å². The Hall–Kier alpha value is -2.74. The molecule has 8 heteroatoms. The van der Waals surface area contributed by atoms with Crippen molar-refractivity contribution in [3.63, 3.8) is 0 Å². The highest BCUT2D eigenvalue weighted by molar-refractivity contribution is 7.17. The van der Waals surface area contributed by atoms with Crippen LogP contribution in [0.15, 0.2) is 45.3 Å². The first kappa shape index (κ1) is 24.0. The lowest BCUT2D eigenvalue weighted by Gasteiger charge is -2.35. The van der Waals surface area contributed by atoms with Gasteiger partial charge in [-0.15, -0.1) is 11.3 Å². The van der Waals surface area contributed by atoms with E-state index in [0.717, 1.165) is 51.6 Å². The Bertz CT molecular complexity index is 1330. The topological polar surface area (TPSA) is 64.3 Å². The molecule has 2 fully saturated rings. The van der Waals surface area contributed by atoms with E-state index in [2.05, 4.69) is 6.92 Å². The fourth-order valence-corrected chi connectivity index (χ4v) is 6.42. The van der Waals surface area contributed by atoms with E-state index in [0.29, 0.717) is 28.2 Å². The van der Waals surface area contributed by atoms with Gasteiger partial charge in [-0.3, -0.25) is 18.7 Å². The lowest BCUT2D eigenvalue weighted by atomic mass is 9.81. The molecule has 0 radical (unpaired) electrons. The number of aromatic nitrogens is 2. The molecule has 2 aliphatic rings. The summed E-state index contributed by atoms with van der Waals surface area (Å²) in [5.41, 5.74) is 0.295. The second-order valence-electron chi connectivity index (χ2n) is 10.2. The Balaban J connectivity index is 1.33. The largest absolute Gasteiger partial charge is 0.342 e. The number of fused-ring (bicyclic) bond motifs is 1. The van der Waals surface area contributed by atoms with E-state index in [1.54, 1.807) is 29.6 Å². The summed E-state index contributed by atoms with van der Waals surface area (Å²) in [4.78, 5) is 41.6. The van der Waals surface area contributed by atoms with Crippen LogP contribution in [0.1, 0.15) is 51.0 Å². The van der Waals surface area contributed by atoms with Crippen molar-refractivity contribution < 1.29 is 9.18 Å². The van der Waals surface area contributed by atoms with E-state index in [4.69, 9.17) is 0 Å². The molecule has 3 aromatic rings. The predicted molar refractivity (Wildman–Crippen MR) is 136 cm³/mol. The van der Waals surface area contributed by atoms with Gasteiger partial charge in [0.2, 0.25) is 5.91 Å². The van der Waals surface area contributed by atoms with Crippen molar-refractivity contribution in [3.8, 4) is 0 Å². The molecule has 2 aromatic heterocycles. The van der Waals surface area contributed by atoms with Crippen molar-refractivity contribution >= 4 is 27.5 Å². The molecule has 0 bridgehead atoms. The maximum Gasteiger partial charge on any atom is 0.331 e. The maximum absolute atomic E-state index is 14.3. The third-order valence-corrected chi connectivity index (χ3v) is 8.75. The van der Waals surface area contributed by atoms with Crippen LogP contribution in [0.25, 0.3) is 10.2 Å². The molecule has 0 unspecified atom stereocenters. The number of rotatable bonds is 5. The number of benzene rings is 1. The Morgan fingerprint density at radius 2 is 1.71 bits per heavy atom. The molecule has 1 aliphatic heterocycles. The van der Waals surface area contributed by atoms with Crippen molar-refractivity contribution in [2.24, 2.45) is 17.8 Å². The van der Waals surface area contributed by atoms with E-state index < -0.39 is 5.69 Å². The number of hydrogen-bond donors (Lipinski definition) is 0. The number of amides is 1. The number of piperidine rings is 1. The molecule has 1 aliphatic carbocycles. The fourth-order valence-electron chi connectivity index (χ4n) is 5.58. The third-order valence-electron chi connectivity index (χ3n) is 7.85. The summed E-state index contributed by atoms with van der Waals surface area (Å²) < 4.78 is 17.7. The number of hydrogen-bond acceptors (Lipinski definition) is 4. The van der Waals surface area contributed by atoms with E-state index in [1.165, 1.54) is 26.5 Å². The van der Waals surface area contributed by atoms with E-state index in [-0.39, 0.29) is 35.7 Å². The van der Waals surface area contributed by atoms with E-state index >= 15 is 0 Å². The zero-order valence-corrected chi connectivity index (χ0v) is 20.9. The molecule has 1 saturated heterocycles. The van der Waals surface area contributed by atoms with Gasteiger partial charge < -0.3 is 4.90 Å². The molecule has 0 N–H and O–H groups in total. The van der Waals surface area contributed by atoms with Crippen molar-refractivity contribution in [2.45, 2.75) is 58.5 Å². The summed E-state index contributed by atoms with van der Waals surface area (Å²) in [6, 6.07) is 8.17. The van der Waals surface area contributed by atoms with Crippen molar-refractivity contribution in [1.82, 2.24) is 14.0 Å². The quantitative estimate of drug-likeness (QED) is 0.522. The van der Waals surface area contributed by atoms with Crippen LogP contribution in [-0.2, 0) is 17.9 Å². The fraction of sp³-hybridized carbons (Fsp3) is 0.519. The number of halogens is 1. The molecule has 186 valence electrons. The molecule has 35 heavy (non-hydrogen) atoms. The number of likely N-dealkylation sites (tertiary alicyclic amines) is 1. The van der Waals surface area contributed by atoms with Crippen LogP contribution < -0.4 is 11.2 Å². The van der Waals surface area contributed by atoms with Crippen LogP contribution in [0, 0.1) is 23.6 Å². The van der Waals surface area contributed by atoms with Crippen molar-refractivity contribution in [2.75, 3.05) is 13.1 Å². The van der Waals surface area contributed by atoms with Crippen LogP contribution in [0.2, 0.25) is 0 Å². The van der Waals surface area contributed by atoms with Gasteiger partial charge in [0.1, 0.15) is 10.5 Å². The highest BCUT2D eigenvalue weighted by Gasteiger charge is 2.31. The molecule has 3 heterocycles. The molecular weight excluding hydrogens is 465 g/mol. The first-order chi connectivity index (χ1) is 16.9. The number of nitrogens with zero attached hydrogens (tertiary/aromatic N) is 3. The van der Waals surface area contributed by atoms with E-state index in [1.807, 2.05) is 4.90 Å². The van der Waals surface area contributed by atoms with Gasteiger partial charge in [0, 0.05) is 31.1 Å². The van der Waals surface area contributed by atoms with Gasteiger partial charge in [-0.25, -0.2) is 9.18 Å². The standard InChI is InChI=1S/C27H32FN3O3S/c1-18-10-13-29(14-11-18)25(32)20-8-6-19(7-9-20)16-31-26(33)24-23(12-15-35-24)30(27(31)34)17-21-4-2-3-5-22(21)28/h2-5,12,15,18-20H,6-11,13-14,16-17H2,1H3. The minimum Gasteiger partial charge on any atom is -0.342 e. The summed E-state index contributed by atoms with van der Waals surface area (Å²) in [5.74, 6) is 0.821. The Morgan fingerprint density at radius 3 is 2.43 bits per heavy atom. The Kier molecular flexibility index (Phi) is 6.91. The normalized spacial score (nSPS) is 21.5. The zero-order chi connectivity index (χ0) is 24.5. The van der Waals surface area contributed by atoms with Crippen LogP contribution in [0.3, 0.4) is 0 Å². The second kappa shape index (κ2) is 10.1. The van der Waals surface area contributed by atoms with Crippen LogP contribution in [0.4, 0.5) is 4.39 Å². The Morgan fingerprint density at radius 1 is 1.00 bits per heavy atom. The molecular formula is C27H32FN3O3S. The summed E-state index contributed by atoms with van der Waals surface area (Å²) in [7, 11) is 0. The molecule has 5 rings (SSSR count). The van der Waals surface area contributed by atoms with Gasteiger partial charge >= 0.3 is 5.69 Å². The minimum atomic E-state index is -0.398. The van der Waals surface area contributed by atoms with Crippen LogP contribution in [0.5, 0.6) is 0 Å². The SMILES string of the molecule is CC1CCN(C(=O)C2CCC(Cn3c(=O)c4sccc4n(Cc4ccccc4F)c3=O)CC2)CC1. The minimum absolute atomic E-state index is 0.0499. The van der Waals surface area contributed by atoms with Crippen molar-refractivity contribution in [1.29, 1.82) is 0 Å². The molecule has 6 nitrogen and oxygen atoms in total. The van der Waals surface area contributed by atoms with Crippen molar-refractivity contribution in [3.05, 3.63) is 67.9 Å². The van der Waals surface area contributed by atoms with Crippen LogP contribution >= 0.6 is 11.3 Å². The summed E-state index contributed by atoms with van der Waals surface area (Å²) in [6.45, 7) is 4.38. The summed E-state index contributed by atoms with van der Waals surface area (Å²) in [6.07, 6.45) is 5.40. The molecule has 0 atom stereocenters. The van der Waals surface area contributed by atoms with Gasteiger partial charge in [0.25, 0.3) is 5.56 Å². The lowest BCUT2D eigenvalue weighted by Crippen LogP contribution is -2.44. The zero-order valence-electron chi connectivity index (χ0n) is 20.1. The maximum atomic E-state index is 14.3. The molecule has 1 saturated carbocycles. The lowest BCUT2D eigenvalue weighted by molar-refractivity contribution is -0.138. The van der Waals surface area contributed by atoms with Crippen LogP contribution in [-0.4, -0.2) is 33.0 Å². The monoisotopic (exact) mass is 497 g/mol. The highest BCUT2D eigenvalue weighted by Crippen LogP contribution is 2.32. The third kappa shape index (κ3) is 4.85. The average molecular weight is 498 g/mol. The van der Waals surface area contributed by atoms with Gasteiger partial charge in [0.05, 0.1) is 12.1 Å². The summed E-state index contributed by atoms with van der Waals surface area (Å²) in [5, 5.41) is 1.80. The van der Waals surface area contributed by atoms with E-state index in [9.17, 15) is 18.8 Å². The second-order valence-corrected chi connectivity index (χ2v) is 11.2. The molecule has 1 amide bonds. The predicted octanol–water partition coefficient (Wildman–Crippen LogP) is 4.48. The molecule has 0 spiro atoms. The number of carbonyl (C=O) groups excluding carboxylic acids is 1. The first-order valence-corrected chi connectivity index (χ1v) is 13.5. The Labute approximate surface area is 208 Å². The number of thiophene rings is 1. The smallest absolute Gasteiger partial charge is 0.331 e. The number of carbonyl (C=O) groups is 1.